The maximum Gasteiger partial charge on any atom is 0.226 e. The van der Waals surface area contributed by atoms with Crippen LogP contribution in [0, 0.1) is 11.7 Å². The van der Waals surface area contributed by atoms with Gasteiger partial charge in [-0.1, -0.05) is 24.6 Å². The number of amides is 1. The lowest BCUT2D eigenvalue weighted by molar-refractivity contribution is -0.136. The Morgan fingerprint density at radius 2 is 1.92 bits per heavy atom. The van der Waals surface area contributed by atoms with Crippen molar-refractivity contribution in [3.05, 3.63) is 34.6 Å². The van der Waals surface area contributed by atoms with Gasteiger partial charge in [-0.05, 0) is 24.7 Å². The summed E-state index contributed by atoms with van der Waals surface area (Å²) in [6.45, 7) is 6.41. The SMILES string of the molecule is CNCC(C)C(=O)N1CCN(Cc2ccc(F)cc2Cl)CC1.Cl.Cl. The van der Waals surface area contributed by atoms with Crippen LogP contribution in [-0.2, 0) is 11.3 Å². The van der Waals surface area contributed by atoms with E-state index in [4.69, 9.17) is 11.6 Å². The number of carbonyl (C=O) groups excluding carboxylic acids is 1. The molecule has 2 rings (SSSR count). The Hall–Kier alpha value is -0.590. The first-order valence-corrected chi connectivity index (χ1v) is 7.98. The number of rotatable bonds is 5. The largest absolute Gasteiger partial charge is 0.340 e. The quantitative estimate of drug-likeness (QED) is 0.825. The molecule has 1 atom stereocenters. The Morgan fingerprint density at radius 3 is 2.46 bits per heavy atom. The lowest BCUT2D eigenvalue weighted by atomic mass is 10.1. The molecule has 1 saturated heterocycles. The minimum atomic E-state index is -0.317. The van der Waals surface area contributed by atoms with Gasteiger partial charge in [-0.15, -0.1) is 24.8 Å². The number of piperazine rings is 1. The fourth-order valence-electron chi connectivity index (χ4n) is 2.72. The van der Waals surface area contributed by atoms with Crippen LogP contribution < -0.4 is 5.32 Å². The van der Waals surface area contributed by atoms with Crippen molar-refractivity contribution in [3.63, 3.8) is 0 Å². The highest BCUT2D eigenvalue weighted by Crippen LogP contribution is 2.20. The molecule has 1 unspecified atom stereocenters. The smallest absolute Gasteiger partial charge is 0.226 e. The maximum absolute atomic E-state index is 13.1. The van der Waals surface area contributed by atoms with Crippen molar-refractivity contribution in [2.45, 2.75) is 13.5 Å². The summed E-state index contributed by atoms with van der Waals surface area (Å²) in [5, 5.41) is 3.50. The number of hydrogen-bond acceptors (Lipinski definition) is 3. The van der Waals surface area contributed by atoms with Gasteiger partial charge in [0.05, 0.1) is 0 Å². The van der Waals surface area contributed by atoms with Gasteiger partial charge >= 0.3 is 0 Å². The van der Waals surface area contributed by atoms with Gasteiger partial charge in [0.1, 0.15) is 5.82 Å². The Labute approximate surface area is 160 Å². The molecule has 4 nitrogen and oxygen atoms in total. The zero-order valence-corrected chi connectivity index (χ0v) is 16.3. The van der Waals surface area contributed by atoms with Crippen molar-refractivity contribution in [2.75, 3.05) is 39.8 Å². The van der Waals surface area contributed by atoms with Gasteiger partial charge in [0.25, 0.3) is 0 Å². The summed E-state index contributed by atoms with van der Waals surface area (Å²) in [4.78, 5) is 16.4. The molecule has 0 radical (unpaired) electrons. The molecule has 0 saturated carbocycles. The predicted octanol–water partition coefficient (Wildman–Crippen LogP) is 2.82. The van der Waals surface area contributed by atoms with Crippen molar-refractivity contribution in [1.82, 2.24) is 15.1 Å². The van der Waals surface area contributed by atoms with E-state index in [1.54, 1.807) is 6.07 Å². The molecule has 1 heterocycles. The number of benzene rings is 1. The topological polar surface area (TPSA) is 35.6 Å². The first-order valence-electron chi connectivity index (χ1n) is 7.61. The van der Waals surface area contributed by atoms with Crippen LogP contribution in [0.3, 0.4) is 0 Å². The van der Waals surface area contributed by atoms with Gasteiger partial charge in [-0.3, -0.25) is 9.69 Å². The number of halogens is 4. The van der Waals surface area contributed by atoms with E-state index in [1.807, 2.05) is 18.9 Å². The third kappa shape index (κ3) is 6.37. The van der Waals surface area contributed by atoms with Crippen molar-refractivity contribution in [1.29, 1.82) is 0 Å². The molecule has 0 aromatic heterocycles. The zero-order valence-electron chi connectivity index (χ0n) is 13.9. The summed E-state index contributed by atoms with van der Waals surface area (Å²) >= 11 is 6.07. The van der Waals surface area contributed by atoms with Crippen molar-refractivity contribution >= 4 is 42.3 Å². The Morgan fingerprint density at radius 1 is 1.29 bits per heavy atom. The first-order chi connectivity index (χ1) is 10.5. The highest BCUT2D eigenvalue weighted by Gasteiger charge is 2.24. The molecule has 1 N–H and O–H groups in total. The molecule has 0 bridgehead atoms. The second-order valence-electron chi connectivity index (χ2n) is 5.80. The highest BCUT2D eigenvalue weighted by atomic mass is 35.5. The van der Waals surface area contributed by atoms with E-state index in [2.05, 4.69) is 10.2 Å². The lowest BCUT2D eigenvalue weighted by Crippen LogP contribution is -2.50. The van der Waals surface area contributed by atoms with Crippen molar-refractivity contribution < 1.29 is 9.18 Å². The van der Waals surface area contributed by atoms with Crippen LogP contribution in [0.4, 0.5) is 4.39 Å². The van der Waals surface area contributed by atoms with Gasteiger partial charge < -0.3 is 10.2 Å². The van der Waals surface area contributed by atoms with Crippen LogP contribution in [0.5, 0.6) is 0 Å². The highest BCUT2D eigenvalue weighted by molar-refractivity contribution is 6.31. The van der Waals surface area contributed by atoms with Gasteiger partial charge in [-0.2, -0.15) is 0 Å². The molecule has 24 heavy (non-hydrogen) atoms. The van der Waals surface area contributed by atoms with E-state index in [1.165, 1.54) is 12.1 Å². The van der Waals surface area contributed by atoms with Crippen LogP contribution in [-0.4, -0.2) is 55.5 Å². The zero-order chi connectivity index (χ0) is 16.1. The number of nitrogens with one attached hydrogen (secondary N) is 1. The normalized spacial score (nSPS) is 16.1. The van der Waals surface area contributed by atoms with Gasteiger partial charge in [0, 0.05) is 50.2 Å². The van der Waals surface area contributed by atoms with Crippen LogP contribution in [0.25, 0.3) is 0 Å². The molecular formula is C16H25Cl3FN3O. The van der Waals surface area contributed by atoms with E-state index in [-0.39, 0.29) is 42.5 Å². The lowest BCUT2D eigenvalue weighted by Gasteiger charge is -2.36. The summed E-state index contributed by atoms with van der Waals surface area (Å²) in [7, 11) is 1.86. The van der Waals surface area contributed by atoms with Crippen molar-refractivity contribution in [3.8, 4) is 0 Å². The van der Waals surface area contributed by atoms with E-state index < -0.39 is 0 Å². The third-order valence-corrected chi connectivity index (χ3v) is 4.38. The Kier molecular flexibility index (Phi) is 10.8. The summed E-state index contributed by atoms with van der Waals surface area (Å²) in [5.41, 5.74) is 0.923. The Bertz CT molecular complexity index is 525. The third-order valence-electron chi connectivity index (χ3n) is 4.02. The monoisotopic (exact) mass is 399 g/mol. The number of carbonyl (C=O) groups is 1. The average Bonchev–Trinajstić information content (AvgIpc) is 2.50. The molecule has 138 valence electrons. The molecule has 0 aliphatic carbocycles. The van der Waals surface area contributed by atoms with Gasteiger partial charge in [-0.25, -0.2) is 4.39 Å². The summed E-state index contributed by atoms with van der Waals surface area (Å²) in [5.74, 6) is -0.111. The van der Waals surface area contributed by atoms with E-state index in [9.17, 15) is 9.18 Å². The molecule has 0 spiro atoms. The summed E-state index contributed by atoms with van der Waals surface area (Å²) in [6.07, 6.45) is 0. The fourth-order valence-corrected chi connectivity index (χ4v) is 2.95. The first kappa shape index (κ1) is 23.4. The Balaban J connectivity index is 0.00000264. The molecule has 1 amide bonds. The molecule has 1 aliphatic rings. The van der Waals surface area contributed by atoms with E-state index in [0.29, 0.717) is 18.1 Å². The molecule has 1 aliphatic heterocycles. The van der Waals surface area contributed by atoms with Crippen LogP contribution in [0.15, 0.2) is 18.2 Å². The van der Waals surface area contributed by atoms with Gasteiger partial charge in [0.15, 0.2) is 0 Å². The standard InChI is InChI=1S/C16H23ClFN3O.2ClH/c1-12(10-19-2)16(22)21-7-5-20(6-8-21)11-13-3-4-14(18)9-15(13)17;;/h3-4,9,12,19H,5-8,10-11H2,1-2H3;2*1H. The fraction of sp³-hybridized carbons (Fsp3) is 0.562. The summed E-state index contributed by atoms with van der Waals surface area (Å²) < 4.78 is 13.1. The predicted molar refractivity (Wildman–Crippen MR) is 101 cm³/mol. The summed E-state index contributed by atoms with van der Waals surface area (Å²) in [6, 6.07) is 4.50. The minimum absolute atomic E-state index is 0. The molecular weight excluding hydrogens is 376 g/mol. The van der Waals surface area contributed by atoms with Gasteiger partial charge in [0.2, 0.25) is 5.91 Å². The van der Waals surface area contributed by atoms with Crippen molar-refractivity contribution in [2.24, 2.45) is 5.92 Å². The minimum Gasteiger partial charge on any atom is -0.340 e. The second kappa shape index (κ2) is 11.1. The van der Waals surface area contributed by atoms with Crippen LogP contribution in [0.1, 0.15) is 12.5 Å². The van der Waals surface area contributed by atoms with Crippen LogP contribution >= 0.6 is 36.4 Å². The van der Waals surface area contributed by atoms with Crippen LogP contribution in [0.2, 0.25) is 5.02 Å². The molecule has 8 heteroatoms. The average molecular weight is 401 g/mol. The maximum atomic E-state index is 13.1. The number of hydrogen-bond donors (Lipinski definition) is 1. The van der Waals surface area contributed by atoms with E-state index in [0.717, 1.165) is 31.7 Å². The molecule has 1 aromatic carbocycles. The van der Waals surface area contributed by atoms with E-state index >= 15 is 0 Å². The molecule has 1 aromatic rings. The number of nitrogens with zero attached hydrogens (tertiary/aromatic N) is 2. The second-order valence-corrected chi connectivity index (χ2v) is 6.20. The molecule has 1 fully saturated rings.